The van der Waals surface area contributed by atoms with Gasteiger partial charge in [-0.2, -0.15) is 5.10 Å². The van der Waals surface area contributed by atoms with Gasteiger partial charge in [0.1, 0.15) is 12.1 Å². The smallest absolute Gasteiger partial charge is 0.165 e. The minimum Gasteiger partial charge on any atom is -0.383 e. The monoisotopic (exact) mass is 379 g/mol. The molecule has 8 heteroatoms. The third kappa shape index (κ3) is 3.57. The van der Waals surface area contributed by atoms with Crippen LogP contribution in [0.4, 0.5) is 5.82 Å². The molecule has 0 atom stereocenters. The highest BCUT2D eigenvalue weighted by Gasteiger charge is 2.13. The second kappa shape index (κ2) is 7.65. The number of carbonyl (C=O) groups excluding carboxylic acids is 1. The van der Waals surface area contributed by atoms with E-state index < -0.39 is 0 Å². The molecule has 0 unspecified atom stereocenters. The number of pyridine rings is 1. The number of carbonyl (C=O) groups is 1. The van der Waals surface area contributed by atoms with Crippen LogP contribution in [0.2, 0.25) is 0 Å². The molecule has 0 aliphatic rings. The van der Waals surface area contributed by atoms with Crippen LogP contribution in [0.3, 0.4) is 0 Å². The molecule has 1 N–H and O–H groups in total. The van der Waals surface area contributed by atoms with Crippen molar-refractivity contribution in [2.75, 3.05) is 25.6 Å². The number of hydrogen-bond donors (Lipinski definition) is 1. The summed E-state index contributed by atoms with van der Waals surface area (Å²) >= 11 is 1.63. The molecule has 0 aliphatic heterocycles. The average Bonchev–Trinajstić information content (AvgIpc) is 3.37. The summed E-state index contributed by atoms with van der Waals surface area (Å²) in [5.74, 6) is 0.611. The molecular weight excluding hydrogens is 362 g/mol. The van der Waals surface area contributed by atoms with Gasteiger partial charge in [-0.25, -0.2) is 14.5 Å². The van der Waals surface area contributed by atoms with Crippen molar-refractivity contribution in [2.24, 2.45) is 0 Å². The quantitative estimate of drug-likeness (QED) is 0.392. The van der Waals surface area contributed by atoms with Gasteiger partial charge in [0, 0.05) is 25.4 Å². The molecule has 0 amide bonds. The molecule has 4 heterocycles. The summed E-state index contributed by atoms with van der Waals surface area (Å²) in [6.45, 7) is 1.14. The molecule has 4 aromatic rings. The van der Waals surface area contributed by atoms with Gasteiger partial charge in [-0.3, -0.25) is 4.79 Å². The Morgan fingerprint density at radius 2 is 2.19 bits per heavy atom. The maximum absolute atomic E-state index is 11.4. The largest absolute Gasteiger partial charge is 0.383 e. The lowest BCUT2D eigenvalue weighted by atomic mass is 10.1. The van der Waals surface area contributed by atoms with Gasteiger partial charge in [0.05, 0.1) is 34.6 Å². The molecular formula is C19H17N5O2S. The first-order valence-corrected chi connectivity index (χ1v) is 9.25. The first-order valence-electron chi connectivity index (χ1n) is 8.37. The van der Waals surface area contributed by atoms with Gasteiger partial charge in [-0.05, 0) is 29.6 Å². The van der Waals surface area contributed by atoms with Crippen molar-refractivity contribution >= 4 is 29.1 Å². The molecule has 7 nitrogen and oxygen atoms in total. The summed E-state index contributed by atoms with van der Waals surface area (Å²) in [5.41, 5.74) is 3.52. The van der Waals surface area contributed by atoms with Crippen LogP contribution in [0.25, 0.3) is 27.5 Å². The first kappa shape index (κ1) is 17.3. The Hall–Kier alpha value is -3.10. The molecule has 0 bridgehead atoms. The molecule has 4 aromatic heterocycles. The minimum absolute atomic E-state index is 0.536. The van der Waals surface area contributed by atoms with E-state index in [2.05, 4.69) is 15.4 Å². The second-order valence-corrected chi connectivity index (χ2v) is 6.77. The summed E-state index contributed by atoms with van der Waals surface area (Å²) in [7, 11) is 1.64. The van der Waals surface area contributed by atoms with Crippen LogP contribution in [0.1, 0.15) is 10.4 Å². The number of nitrogens with one attached hydrogen (secondary N) is 1. The van der Waals surface area contributed by atoms with E-state index in [4.69, 9.17) is 9.72 Å². The van der Waals surface area contributed by atoms with E-state index in [1.165, 1.54) is 0 Å². The predicted octanol–water partition coefficient (Wildman–Crippen LogP) is 3.39. The van der Waals surface area contributed by atoms with Crippen molar-refractivity contribution in [3.63, 3.8) is 0 Å². The van der Waals surface area contributed by atoms with Crippen molar-refractivity contribution in [3.8, 4) is 21.8 Å². The van der Waals surface area contributed by atoms with Gasteiger partial charge < -0.3 is 10.1 Å². The Labute approximate surface area is 159 Å². The van der Waals surface area contributed by atoms with Gasteiger partial charge in [0.15, 0.2) is 5.65 Å². The number of fused-ring (bicyclic) bond motifs is 1. The van der Waals surface area contributed by atoms with E-state index in [0.29, 0.717) is 35.9 Å². The lowest BCUT2D eigenvalue weighted by molar-refractivity contribution is 0.112. The third-order valence-electron chi connectivity index (χ3n) is 4.01. The van der Waals surface area contributed by atoms with Crippen LogP contribution < -0.4 is 5.32 Å². The molecule has 0 radical (unpaired) electrons. The van der Waals surface area contributed by atoms with E-state index in [1.807, 2.05) is 29.8 Å². The number of rotatable bonds is 7. The zero-order valence-corrected chi connectivity index (χ0v) is 15.4. The van der Waals surface area contributed by atoms with Crippen LogP contribution in [-0.2, 0) is 4.74 Å². The van der Waals surface area contributed by atoms with E-state index in [0.717, 1.165) is 22.4 Å². The summed E-state index contributed by atoms with van der Waals surface area (Å²) in [4.78, 5) is 21.8. The average molecular weight is 379 g/mol. The van der Waals surface area contributed by atoms with E-state index >= 15 is 0 Å². The van der Waals surface area contributed by atoms with E-state index in [9.17, 15) is 4.79 Å². The number of nitrogens with zero attached hydrogens (tertiary/aromatic N) is 4. The van der Waals surface area contributed by atoms with Gasteiger partial charge >= 0.3 is 0 Å². The standard InChI is InChI=1S/C19H17N5O2S/c1-26-7-5-20-18-10-13(12-25)9-16(22-18)14-11-21-24-6-4-15(23-19(14)24)17-3-2-8-27-17/h2-4,6,8-12H,5,7H2,1H3,(H,20,22). The van der Waals surface area contributed by atoms with E-state index in [-0.39, 0.29) is 0 Å². The normalized spacial score (nSPS) is 11.0. The van der Waals surface area contributed by atoms with Crippen molar-refractivity contribution in [1.82, 2.24) is 19.6 Å². The SMILES string of the molecule is COCCNc1cc(C=O)cc(-c2cnn3ccc(-c4cccs4)nc23)n1. The molecule has 0 aromatic carbocycles. The number of ether oxygens (including phenoxy) is 1. The van der Waals surface area contributed by atoms with Gasteiger partial charge in [-0.15, -0.1) is 11.3 Å². The molecule has 136 valence electrons. The first-order chi connectivity index (χ1) is 13.3. The topological polar surface area (TPSA) is 81.4 Å². The molecule has 27 heavy (non-hydrogen) atoms. The van der Waals surface area contributed by atoms with Crippen molar-refractivity contribution in [2.45, 2.75) is 0 Å². The summed E-state index contributed by atoms with van der Waals surface area (Å²) in [6.07, 6.45) is 4.40. The van der Waals surface area contributed by atoms with Crippen molar-refractivity contribution in [1.29, 1.82) is 0 Å². The van der Waals surface area contributed by atoms with Gasteiger partial charge in [-0.1, -0.05) is 6.07 Å². The Kier molecular flexibility index (Phi) is 4.91. The molecule has 4 rings (SSSR count). The van der Waals surface area contributed by atoms with Crippen LogP contribution in [0, 0.1) is 0 Å². The summed E-state index contributed by atoms with van der Waals surface area (Å²) < 4.78 is 6.75. The number of thiophene rings is 1. The number of anilines is 1. The van der Waals surface area contributed by atoms with Gasteiger partial charge in [0.2, 0.25) is 0 Å². The molecule has 0 saturated carbocycles. The predicted molar refractivity (Wildman–Crippen MR) is 105 cm³/mol. The Morgan fingerprint density at radius 1 is 1.26 bits per heavy atom. The zero-order chi connectivity index (χ0) is 18.6. The fourth-order valence-electron chi connectivity index (χ4n) is 2.74. The Balaban J connectivity index is 1.78. The third-order valence-corrected chi connectivity index (χ3v) is 4.91. The maximum atomic E-state index is 11.4. The Morgan fingerprint density at radius 3 is 2.96 bits per heavy atom. The second-order valence-electron chi connectivity index (χ2n) is 5.82. The van der Waals surface area contributed by atoms with Crippen LogP contribution in [0.5, 0.6) is 0 Å². The van der Waals surface area contributed by atoms with Crippen LogP contribution in [0.15, 0.2) is 48.1 Å². The van der Waals surface area contributed by atoms with Gasteiger partial charge in [0.25, 0.3) is 0 Å². The molecule has 0 spiro atoms. The number of hydrogen-bond acceptors (Lipinski definition) is 7. The lowest BCUT2D eigenvalue weighted by Gasteiger charge is -2.08. The summed E-state index contributed by atoms with van der Waals surface area (Å²) in [5, 5.41) is 9.55. The highest BCUT2D eigenvalue weighted by atomic mass is 32.1. The molecule has 0 saturated heterocycles. The van der Waals surface area contributed by atoms with Crippen LogP contribution >= 0.6 is 11.3 Å². The minimum atomic E-state index is 0.536. The van der Waals surface area contributed by atoms with Crippen LogP contribution in [-0.4, -0.2) is 46.1 Å². The highest BCUT2D eigenvalue weighted by Crippen LogP contribution is 2.28. The molecule has 0 fully saturated rings. The highest BCUT2D eigenvalue weighted by molar-refractivity contribution is 7.13. The maximum Gasteiger partial charge on any atom is 0.165 e. The van der Waals surface area contributed by atoms with E-state index in [1.54, 1.807) is 41.3 Å². The summed E-state index contributed by atoms with van der Waals surface area (Å²) in [6, 6.07) is 9.41. The fraction of sp³-hybridized carbons (Fsp3) is 0.158. The lowest BCUT2D eigenvalue weighted by Crippen LogP contribution is -2.09. The number of methoxy groups -OCH3 is 1. The number of aromatic nitrogens is 4. The fourth-order valence-corrected chi connectivity index (χ4v) is 3.44. The molecule has 0 aliphatic carbocycles. The van der Waals surface area contributed by atoms with Crippen molar-refractivity contribution < 1.29 is 9.53 Å². The zero-order valence-electron chi connectivity index (χ0n) is 14.6. The number of aldehydes is 1. The van der Waals surface area contributed by atoms with Crippen molar-refractivity contribution in [3.05, 3.63) is 53.7 Å². The Bertz CT molecular complexity index is 1080.